The topological polar surface area (TPSA) is 96.7 Å². The van der Waals surface area contributed by atoms with Crippen molar-refractivity contribution in [3.8, 4) is 17.6 Å². The van der Waals surface area contributed by atoms with Gasteiger partial charge < -0.3 is 9.47 Å². The van der Waals surface area contributed by atoms with Crippen molar-refractivity contribution in [1.82, 2.24) is 4.31 Å². The molecule has 3 rings (SSSR count). The molecule has 7 nitrogen and oxygen atoms in total. The molecular weight excluding hydrogens is 472 g/mol. The largest absolute Gasteiger partial charge is 0.490 e. The Morgan fingerprint density at radius 1 is 1.17 bits per heavy atom. The molecule has 1 heterocycles. The third-order valence-corrected chi connectivity index (χ3v) is 7.18. The molecule has 1 saturated heterocycles. The first-order chi connectivity index (χ1) is 14.4. The molecule has 158 valence electrons. The molecule has 0 amide bonds. The number of benzene rings is 2. The van der Waals surface area contributed by atoms with Crippen molar-refractivity contribution < 1.29 is 22.7 Å². The molecule has 9 heteroatoms. The van der Waals surface area contributed by atoms with Gasteiger partial charge in [-0.25, -0.2) is 13.2 Å². The van der Waals surface area contributed by atoms with Crippen molar-refractivity contribution in [3.05, 3.63) is 52.0 Å². The maximum Gasteiger partial charge on any atom is 0.343 e. The first kappa shape index (κ1) is 22.3. The Bertz CT molecular complexity index is 1070. The Kier molecular flexibility index (Phi) is 7.13. The third kappa shape index (κ3) is 4.83. The second-order valence-corrected chi connectivity index (χ2v) is 9.50. The predicted octanol–water partition coefficient (Wildman–Crippen LogP) is 4.11. The Morgan fingerprint density at radius 2 is 1.83 bits per heavy atom. The molecule has 2 aromatic carbocycles. The van der Waals surface area contributed by atoms with Crippen molar-refractivity contribution >= 4 is 31.9 Å². The summed E-state index contributed by atoms with van der Waals surface area (Å²) in [6.07, 6.45) is 2.74. The summed E-state index contributed by atoms with van der Waals surface area (Å²) < 4.78 is 38.3. The lowest BCUT2D eigenvalue weighted by atomic mass is 10.2. The SMILES string of the molecule is CCOc1cc(C#N)cc(Br)c1OC(=O)c1ccc(S(=O)(=O)N2CCCCC2)cc1. The number of carbonyl (C=O) groups is 1. The highest BCUT2D eigenvalue weighted by Gasteiger charge is 2.26. The summed E-state index contributed by atoms with van der Waals surface area (Å²) in [7, 11) is -3.57. The summed E-state index contributed by atoms with van der Waals surface area (Å²) in [5.74, 6) is -0.241. The zero-order valence-electron chi connectivity index (χ0n) is 16.4. The lowest BCUT2D eigenvalue weighted by Gasteiger charge is -2.25. The summed E-state index contributed by atoms with van der Waals surface area (Å²) in [6.45, 7) is 3.13. The molecule has 0 radical (unpaired) electrons. The van der Waals surface area contributed by atoms with Crippen molar-refractivity contribution in [1.29, 1.82) is 5.26 Å². The van der Waals surface area contributed by atoms with Crippen LogP contribution in [-0.2, 0) is 10.0 Å². The Hall–Kier alpha value is -2.41. The normalized spacial score (nSPS) is 14.7. The number of halogens is 1. The molecule has 0 atom stereocenters. The van der Waals surface area contributed by atoms with Crippen LogP contribution in [0.4, 0.5) is 0 Å². The number of piperidine rings is 1. The fourth-order valence-corrected chi connectivity index (χ4v) is 5.20. The first-order valence-electron chi connectivity index (χ1n) is 9.55. The van der Waals surface area contributed by atoms with E-state index in [9.17, 15) is 13.2 Å². The zero-order valence-corrected chi connectivity index (χ0v) is 18.8. The molecule has 1 fully saturated rings. The lowest BCUT2D eigenvalue weighted by Crippen LogP contribution is -2.35. The van der Waals surface area contributed by atoms with Crippen molar-refractivity contribution in [2.45, 2.75) is 31.1 Å². The first-order valence-corrected chi connectivity index (χ1v) is 11.8. The summed E-state index contributed by atoms with van der Waals surface area (Å²) in [5, 5.41) is 9.10. The van der Waals surface area contributed by atoms with Crippen molar-refractivity contribution in [3.63, 3.8) is 0 Å². The minimum atomic E-state index is -3.57. The van der Waals surface area contributed by atoms with Gasteiger partial charge in [0.05, 0.1) is 33.2 Å². The van der Waals surface area contributed by atoms with E-state index < -0.39 is 16.0 Å². The molecule has 0 spiro atoms. The second kappa shape index (κ2) is 9.60. The third-order valence-electron chi connectivity index (χ3n) is 4.68. The van der Waals surface area contributed by atoms with Crippen molar-refractivity contribution in [2.75, 3.05) is 19.7 Å². The summed E-state index contributed by atoms with van der Waals surface area (Å²) in [6, 6.07) is 10.7. The predicted molar refractivity (Wildman–Crippen MR) is 114 cm³/mol. The van der Waals surface area contributed by atoms with Crippen LogP contribution in [0.1, 0.15) is 42.1 Å². The summed E-state index contributed by atoms with van der Waals surface area (Å²) >= 11 is 3.30. The maximum absolute atomic E-state index is 12.7. The van der Waals surface area contributed by atoms with Gasteiger partial charge in [-0.05, 0) is 66.0 Å². The van der Waals surface area contributed by atoms with Gasteiger partial charge in [0, 0.05) is 19.2 Å². The molecule has 0 aromatic heterocycles. The number of esters is 1. The van der Waals surface area contributed by atoms with Gasteiger partial charge in [0.25, 0.3) is 0 Å². The van der Waals surface area contributed by atoms with E-state index in [-0.39, 0.29) is 22.0 Å². The van der Waals surface area contributed by atoms with Crippen LogP contribution in [0.2, 0.25) is 0 Å². The molecule has 0 unspecified atom stereocenters. The van der Waals surface area contributed by atoms with E-state index in [0.29, 0.717) is 29.7 Å². The van der Waals surface area contributed by atoms with Crippen LogP contribution in [0.5, 0.6) is 11.5 Å². The molecule has 2 aromatic rings. The number of nitrogens with zero attached hydrogens (tertiary/aromatic N) is 2. The van der Waals surface area contributed by atoms with E-state index in [1.165, 1.54) is 40.7 Å². The smallest absolute Gasteiger partial charge is 0.343 e. The minimum absolute atomic E-state index is 0.149. The number of ether oxygens (including phenoxy) is 2. The van der Waals surface area contributed by atoms with Gasteiger partial charge in [-0.3, -0.25) is 0 Å². The van der Waals surface area contributed by atoms with Crippen LogP contribution in [0.3, 0.4) is 0 Å². The maximum atomic E-state index is 12.7. The van der Waals surface area contributed by atoms with E-state index >= 15 is 0 Å². The van der Waals surface area contributed by atoms with Crippen LogP contribution in [0.25, 0.3) is 0 Å². The highest BCUT2D eigenvalue weighted by Crippen LogP contribution is 2.37. The van der Waals surface area contributed by atoms with E-state index in [1.54, 1.807) is 6.92 Å². The lowest BCUT2D eigenvalue weighted by molar-refractivity contribution is 0.0727. The van der Waals surface area contributed by atoms with Gasteiger partial charge in [-0.2, -0.15) is 9.57 Å². The van der Waals surface area contributed by atoms with E-state index in [1.807, 2.05) is 6.07 Å². The number of hydrogen-bond donors (Lipinski definition) is 0. The van der Waals surface area contributed by atoms with Gasteiger partial charge in [-0.15, -0.1) is 0 Å². The van der Waals surface area contributed by atoms with E-state index in [2.05, 4.69) is 15.9 Å². The molecule has 0 bridgehead atoms. The summed E-state index contributed by atoms with van der Waals surface area (Å²) in [5.41, 5.74) is 0.559. The quantitative estimate of drug-likeness (QED) is 0.444. The van der Waals surface area contributed by atoms with Gasteiger partial charge in [-0.1, -0.05) is 6.42 Å². The van der Waals surface area contributed by atoms with Crippen LogP contribution < -0.4 is 9.47 Å². The van der Waals surface area contributed by atoms with Gasteiger partial charge in [0.15, 0.2) is 11.5 Å². The molecule has 1 aliphatic heterocycles. The Labute approximate surface area is 184 Å². The Morgan fingerprint density at radius 3 is 2.43 bits per heavy atom. The van der Waals surface area contributed by atoms with Crippen LogP contribution in [0.15, 0.2) is 45.8 Å². The number of carbonyl (C=O) groups excluding carboxylic acids is 1. The van der Waals surface area contributed by atoms with Crippen LogP contribution in [0, 0.1) is 11.3 Å². The fraction of sp³-hybridized carbons (Fsp3) is 0.333. The Balaban J connectivity index is 1.81. The second-order valence-electron chi connectivity index (χ2n) is 6.71. The van der Waals surface area contributed by atoms with Gasteiger partial charge >= 0.3 is 5.97 Å². The van der Waals surface area contributed by atoms with Crippen LogP contribution >= 0.6 is 15.9 Å². The summed E-state index contributed by atoms with van der Waals surface area (Å²) in [4.78, 5) is 12.8. The number of sulfonamides is 1. The highest BCUT2D eigenvalue weighted by molar-refractivity contribution is 9.10. The number of hydrogen-bond acceptors (Lipinski definition) is 6. The van der Waals surface area contributed by atoms with Gasteiger partial charge in [0.1, 0.15) is 0 Å². The van der Waals surface area contributed by atoms with E-state index in [4.69, 9.17) is 14.7 Å². The molecule has 30 heavy (non-hydrogen) atoms. The molecular formula is C21H21BrN2O5S. The minimum Gasteiger partial charge on any atom is -0.490 e. The average molecular weight is 493 g/mol. The molecule has 1 aliphatic rings. The van der Waals surface area contributed by atoms with E-state index in [0.717, 1.165) is 19.3 Å². The van der Waals surface area contributed by atoms with Crippen molar-refractivity contribution in [2.24, 2.45) is 0 Å². The molecule has 0 N–H and O–H groups in total. The fourth-order valence-electron chi connectivity index (χ4n) is 3.16. The number of rotatable bonds is 6. The average Bonchev–Trinajstić information content (AvgIpc) is 2.76. The number of nitriles is 1. The monoisotopic (exact) mass is 492 g/mol. The molecule has 0 aliphatic carbocycles. The van der Waals surface area contributed by atoms with Crippen LogP contribution in [-0.4, -0.2) is 38.4 Å². The van der Waals surface area contributed by atoms with Gasteiger partial charge in [0.2, 0.25) is 10.0 Å². The standard InChI is InChI=1S/C21H21BrN2O5S/c1-2-28-19-13-15(14-23)12-18(22)20(19)29-21(25)16-6-8-17(9-7-16)30(26,27)24-10-4-3-5-11-24/h6-9,12-13H,2-5,10-11H2,1H3. The zero-order chi connectivity index (χ0) is 21.7. The highest BCUT2D eigenvalue weighted by atomic mass is 79.9. The molecule has 0 saturated carbocycles.